The topological polar surface area (TPSA) is 48.0 Å². The van der Waals surface area contributed by atoms with E-state index in [0.717, 1.165) is 39.7 Å². The zero-order valence-corrected chi connectivity index (χ0v) is 15.6. The highest BCUT2D eigenvalue weighted by Gasteiger charge is 2.20. The molecule has 29 heavy (non-hydrogen) atoms. The number of hydrogen-bond acceptors (Lipinski definition) is 3. The summed E-state index contributed by atoms with van der Waals surface area (Å²) in [7, 11) is 0. The molecule has 0 aliphatic rings. The lowest BCUT2D eigenvalue weighted by atomic mass is 10.1. The Hall–Kier alpha value is -3.54. The van der Waals surface area contributed by atoms with E-state index in [1.165, 1.54) is 12.1 Å². The summed E-state index contributed by atoms with van der Waals surface area (Å²) in [5, 5.41) is 2.34. The second-order valence-electron chi connectivity index (χ2n) is 7.00. The van der Waals surface area contributed by atoms with Gasteiger partial charge in [-0.3, -0.25) is 0 Å². The number of rotatable bonds is 3. The van der Waals surface area contributed by atoms with Crippen LogP contribution in [0, 0.1) is 11.6 Å². The molecule has 0 aliphatic carbocycles. The predicted octanol–water partition coefficient (Wildman–Crippen LogP) is 5.18. The van der Waals surface area contributed by atoms with Crippen molar-refractivity contribution in [3.05, 3.63) is 87.9 Å². The molecule has 0 saturated heterocycles. The van der Waals surface area contributed by atoms with E-state index in [2.05, 4.69) is 11.9 Å². The number of benzene rings is 2. The maximum Gasteiger partial charge on any atom is 0.362 e. The second kappa shape index (κ2) is 6.51. The third-order valence-electron chi connectivity index (χ3n) is 5.30. The molecule has 0 radical (unpaired) electrons. The average Bonchev–Trinajstić information content (AvgIpc) is 3.04. The van der Waals surface area contributed by atoms with E-state index >= 15 is 0 Å². The van der Waals surface area contributed by atoms with E-state index in [-0.39, 0.29) is 17.8 Å². The van der Waals surface area contributed by atoms with Gasteiger partial charge in [-0.2, -0.15) is 0 Å². The molecular formula is C23H16F2N2O2. The van der Waals surface area contributed by atoms with Crippen molar-refractivity contribution < 1.29 is 13.2 Å². The van der Waals surface area contributed by atoms with Crippen LogP contribution in [0.2, 0.25) is 0 Å². The van der Waals surface area contributed by atoms with Gasteiger partial charge in [0.25, 0.3) is 0 Å². The Bertz CT molecular complexity index is 1470. The summed E-state index contributed by atoms with van der Waals surface area (Å²) >= 11 is 0. The first-order chi connectivity index (χ1) is 14.1. The quantitative estimate of drug-likeness (QED) is 0.426. The molecule has 3 aromatic heterocycles. The van der Waals surface area contributed by atoms with Gasteiger partial charge in [0.05, 0.1) is 6.54 Å². The Labute approximate surface area is 164 Å². The number of nitrogens with zero attached hydrogens (tertiary/aromatic N) is 2. The van der Waals surface area contributed by atoms with Gasteiger partial charge in [0, 0.05) is 39.5 Å². The monoisotopic (exact) mass is 390 g/mol. The Balaban J connectivity index is 1.91. The van der Waals surface area contributed by atoms with Gasteiger partial charge in [-0.15, -0.1) is 0 Å². The van der Waals surface area contributed by atoms with Crippen molar-refractivity contribution in [1.82, 2.24) is 9.55 Å². The first-order valence-electron chi connectivity index (χ1n) is 9.33. The average molecular weight is 390 g/mol. The number of hydrogen-bond donors (Lipinski definition) is 0. The number of pyridine rings is 1. The molecule has 5 aromatic rings. The van der Waals surface area contributed by atoms with E-state index in [1.807, 2.05) is 24.3 Å². The maximum absolute atomic E-state index is 14.3. The fourth-order valence-electron chi connectivity index (χ4n) is 3.89. The molecule has 6 heteroatoms. The Morgan fingerprint density at radius 3 is 2.72 bits per heavy atom. The number of aromatic nitrogens is 2. The Morgan fingerprint density at radius 2 is 1.93 bits per heavy atom. The predicted molar refractivity (Wildman–Crippen MR) is 108 cm³/mol. The van der Waals surface area contributed by atoms with Crippen LogP contribution in [0.25, 0.3) is 32.9 Å². The van der Waals surface area contributed by atoms with Crippen molar-refractivity contribution in [3.8, 4) is 0 Å². The molecule has 2 aromatic carbocycles. The Kier molecular flexibility index (Phi) is 3.94. The smallest absolute Gasteiger partial charge is 0.362 e. The summed E-state index contributed by atoms with van der Waals surface area (Å²) in [5.41, 5.74) is 2.26. The molecule has 0 spiro atoms. The van der Waals surface area contributed by atoms with E-state index in [9.17, 15) is 13.6 Å². The van der Waals surface area contributed by atoms with Crippen molar-refractivity contribution in [2.45, 2.75) is 19.9 Å². The molecule has 0 fully saturated rings. The lowest BCUT2D eigenvalue weighted by Crippen LogP contribution is -2.09. The number of aryl methyl sites for hydroxylation is 1. The lowest BCUT2D eigenvalue weighted by molar-refractivity contribution is 0.550. The fraction of sp³-hybridized carbons (Fsp3) is 0.130. The summed E-state index contributed by atoms with van der Waals surface area (Å²) in [4.78, 5) is 17.1. The van der Waals surface area contributed by atoms with Crippen molar-refractivity contribution in [1.29, 1.82) is 0 Å². The van der Waals surface area contributed by atoms with Gasteiger partial charge in [0.1, 0.15) is 17.2 Å². The van der Waals surface area contributed by atoms with Crippen molar-refractivity contribution in [2.75, 3.05) is 0 Å². The molecular weight excluding hydrogens is 374 g/mol. The molecule has 4 nitrogen and oxygen atoms in total. The van der Waals surface area contributed by atoms with Gasteiger partial charge >= 0.3 is 5.63 Å². The molecule has 0 N–H and O–H groups in total. The lowest BCUT2D eigenvalue weighted by Gasteiger charge is -2.08. The molecule has 5 rings (SSSR count). The third kappa shape index (κ3) is 2.71. The third-order valence-corrected chi connectivity index (χ3v) is 5.30. The van der Waals surface area contributed by atoms with Gasteiger partial charge in [0.2, 0.25) is 5.71 Å². The highest BCUT2D eigenvalue weighted by molar-refractivity contribution is 6.18. The van der Waals surface area contributed by atoms with Gasteiger partial charge in [-0.25, -0.2) is 18.6 Å². The molecule has 0 saturated carbocycles. The number of fused-ring (bicyclic) bond motifs is 5. The van der Waals surface area contributed by atoms with E-state index in [1.54, 1.807) is 16.8 Å². The van der Waals surface area contributed by atoms with Gasteiger partial charge in [-0.1, -0.05) is 19.1 Å². The summed E-state index contributed by atoms with van der Waals surface area (Å²) < 4.78 is 34.9. The fourth-order valence-corrected chi connectivity index (χ4v) is 3.89. The normalized spacial score (nSPS) is 11.7. The van der Waals surface area contributed by atoms with E-state index in [4.69, 9.17) is 4.42 Å². The van der Waals surface area contributed by atoms with Gasteiger partial charge < -0.3 is 8.98 Å². The Morgan fingerprint density at radius 1 is 1.07 bits per heavy atom. The minimum absolute atomic E-state index is 0.0775. The van der Waals surface area contributed by atoms with Crippen LogP contribution in [0.15, 0.2) is 63.9 Å². The molecule has 0 aliphatic heterocycles. The van der Waals surface area contributed by atoms with Crippen molar-refractivity contribution >= 4 is 32.9 Å². The standard InChI is InChI=1S/C23H16F2N2O2/c1-2-13-5-8-19-17(10-13)20-16-4-3-9-26-22(16)29-23(28)21(20)27(19)12-14-6-7-15(24)11-18(14)25/h3-11H,2,12H2,1H3. The van der Waals surface area contributed by atoms with Gasteiger partial charge in [0.15, 0.2) is 0 Å². The molecule has 0 bridgehead atoms. The largest absolute Gasteiger partial charge is 0.402 e. The molecule has 0 atom stereocenters. The van der Waals surface area contributed by atoms with E-state index in [0.29, 0.717) is 5.52 Å². The van der Waals surface area contributed by atoms with Crippen LogP contribution in [0.4, 0.5) is 8.78 Å². The summed E-state index contributed by atoms with van der Waals surface area (Å²) in [6.45, 7) is 2.14. The SMILES string of the molecule is CCc1ccc2c(c1)c1c3cccnc3oc(=O)c1n2Cc1ccc(F)cc1F. The zero-order valence-electron chi connectivity index (χ0n) is 15.6. The molecule has 0 amide bonds. The maximum atomic E-state index is 14.3. The molecule has 144 valence electrons. The summed E-state index contributed by atoms with van der Waals surface area (Å²) in [6, 6.07) is 13.1. The highest BCUT2D eigenvalue weighted by Crippen LogP contribution is 2.33. The first kappa shape index (κ1) is 17.6. The van der Waals surface area contributed by atoms with Crippen LogP contribution in [0.1, 0.15) is 18.1 Å². The minimum Gasteiger partial charge on any atom is -0.402 e. The molecule has 0 unspecified atom stereocenters. The van der Waals surface area contributed by atoms with Crippen LogP contribution in [-0.2, 0) is 13.0 Å². The van der Waals surface area contributed by atoms with Crippen molar-refractivity contribution in [3.63, 3.8) is 0 Å². The van der Waals surface area contributed by atoms with Crippen LogP contribution in [0.3, 0.4) is 0 Å². The van der Waals surface area contributed by atoms with E-state index < -0.39 is 17.3 Å². The second-order valence-corrected chi connectivity index (χ2v) is 7.00. The van der Waals surface area contributed by atoms with Crippen LogP contribution in [-0.4, -0.2) is 9.55 Å². The van der Waals surface area contributed by atoms with Crippen LogP contribution < -0.4 is 5.63 Å². The summed E-state index contributed by atoms with van der Waals surface area (Å²) in [5.74, 6) is -1.30. The van der Waals surface area contributed by atoms with Crippen molar-refractivity contribution in [2.24, 2.45) is 0 Å². The van der Waals surface area contributed by atoms with Gasteiger partial charge in [-0.05, 0) is 42.3 Å². The summed E-state index contributed by atoms with van der Waals surface area (Å²) in [6.07, 6.45) is 2.41. The first-order valence-corrected chi connectivity index (χ1v) is 9.33. The minimum atomic E-state index is -0.656. The number of halogens is 2. The zero-order chi connectivity index (χ0) is 20.1. The highest BCUT2D eigenvalue weighted by atomic mass is 19.1. The molecule has 3 heterocycles. The van der Waals surface area contributed by atoms with Crippen LogP contribution >= 0.6 is 0 Å². The van der Waals surface area contributed by atoms with Crippen LogP contribution in [0.5, 0.6) is 0 Å².